The smallest absolute Gasteiger partial charge is 0.242 e. The highest BCUT2D eigenvalue weighted by molar-refractivity contribution is 6.31. The number of amides is 1. The first-order valence-electron chi connectivity index (χ1n) is 12.8. The van der Waals surface area contributed by atoms with Crippen molar-refractivity contribution in [3.05, 3.63) is 98.8 Å². The predicted octanol–water partition coefficient (Wildman–Crippen LogP) is 6.32. The largest absolute Gasteiger partial charge is 0.374 e. The number of halogens is 5. The van der Waals surface area contributed by atoms with Crippen molar-refractivity contribution >= 4 is 34.8 Å². The summed E-state index contributed by atoms with van der Waals surface area (Å²) in [5.74, 6) is -4.48. The van der Waals surface area contributed by atoms with Crippen LogP contribution in [0.1, 0.15) is 56.0 Å². The zero-order valence-electron chi connectivity index (χ0n) is 22.5. The van der Waals surface area contributed by atoms with Crippen molar-refractivity contribution in [2.75, 3.05) is 5.32 Å². The van der Waals surface area contributed by atoms with E-state index in [1.807, 2.05) is 20.8 Å². The monoisotopic (exact) mass is 604 g/mol. The molecule has 11 heteroatoms. The van der Waals surface area contributed by atoms with Crippen molar-refractivity contribution in [1.82, 2.24) is 5.32 Å². The van der Waals surface area contributed by atoms with Gasteiger partial charge in [-0.15, -0.1) is 0 Å². The molecule has 1 fully saturated rings. The van der Waals surface area contributed by atoms with E-state index in [2.05, 4.69) is 16.7 Å². The standard InChI is InChI=1S/C30H29Cl2F3N4O2/c1-29(2,3)13-23-30(14-36,19-10-7-15(31)11-22(19)34)24(18-5-4-6-20(32)25(18)35)26(39-23)28(41)38-16-8-9-17(27(37)40)21(33)12-16/h4-12,23-24,26-27,39-40H,13,37H2,1-3H3,(H,38,41)/t23-,24-,26+,27?,30-/m0/s1. The molecule has 1 unspecified atom stereocenters. The molecule has 1 heterocycles. The van der Waals surface area contributed by atoms with E-state index in [1.54, 1.807) is 0 Å². The quantitative estimate of drug-likeness (QED) is 0.246. The van der Waals surface area contributed by atoms with Gasteiger partial charge in [-0.2, -0.15) is 5.26 Å². The average Bonchev–Trinajstić information content (AvgIpc) is 3.18. The summed E-state index contributed by atoms with van der Waals surface area (Å²) in [7, 11) is 0. The number of anilines is 1. The Morgan fingerprint density at radius 2 is 1.85 bits per heavy atom. The van der Waals surface area contributed by atoms with Crippen molar-refractivity contribution in [3.63, 3.8) is 0 Å². The van der Waals surface area contributed by atoms with Crippen LogP contribution in [0.2, 0.25) is 10.0 Å². The maximum Gasteiger partial charge on any atom is 0.242 e. The second-order valence-corrected chi connectivity index (χ2v) is 12.2. The number of nitrogens with zero attached hydrogens (tertiary/aromatic N) is 1. The summed E-state index contributed by atoms with van der Waals surface area (Å²) < 4.78 is 45.9. The Balaban J connectivity index is 1.93. The van der Waals surface area contributed by atoms with Crippen LogP contribution in [-0.2, 0) is 10.2 Å². The highest BCUT2D eigenvalue weighted by atomic mass is 35.5. The molecule has 6 nitrogen and oxygen atoms in total. The van der Waals surface area contributed by atoms with Crippen LogP contribution in [-0.4, -0.2) is 23.1 Å². The van der Waals surface area contributed by atoms with E-state index in [0.29, 0.717) is 6.42 Å². The molecule has 3 aromatic rings. The molecule has 216 valence electrons. The van der Waals surface area contributed by atoms with Crippen LogP contribution in [0.15, 0.2) is 54.6 Å². The van der Waals surface area contributed by atoms with Gasteiger partial charge >= 0.3 is 0 Å². The lowest BCUT2D eigenvalue weighted by molar-refractivity contribution is -0.118. The van der Waals surface area contributed by atoms with Gasteiger partial charge in [0.25, 0.3) is 0 Å². The van der Waals surface area contributed by atoms with Gasteiger partial charge in [-0.05, 0) is 47.7 Å². The van der Waals surface area contributed by atoms with Gasteiger partial charge in [-0.1, -0.05) is 68.2 Å². The average molecular weight is 605 g/mol. The lowest BCUT2D eigenvalue weighted by Crippen LogP contribution is -2.45. The molecule has 0 radical (unpaired) electrons. The van der Waals surface area contributed by atoms with E-state index >= 15 is 8.78 Å². The summed E-state index contributed by atoms with van der Waals surface area (Å²) in [6.45, 7) is 5.77. The molecule has 3 aromatic carbocycles. The van der Waals surface area contributed by atoms with Crippen molar-refractivity contribution < 1.29 is 23.1 Å². The van der Waals surface area contributed by atoms with Crippen LogP contribution in [0.5, 0.6) is 0 Å². The molecule has 5 N–H and O–H groups in total. The second-order valence-electron chi connectivity index (χ2n) is 11.4. The van der Waals surface area contributed by atoms with Crippen molar-refractivity contribution in [2.45, 2.75) is 56.8 Å². The fourth-order valence-corrected chi connectivity index (χ4v) is 5.96. The molecule has 0 spiro atoms. The summed E-state index contributed by atoms with van der Waals surface area (Å²) in [4.78, 5) is 13.9. The van der Waals surface area contributed by atoms with E-state index in [0.717, 1.165) is 12.1 Å². The van der Waals surface area contributed by atoms with Crippen LogP contribution >= 0.6 is 23.2 Å². The minimum Gasteiger partial charge on any atom is -0.374 e. The van der Waals surface area contributed by atoms with Crippen molar-refractivity contribution in [1.29, 1.82) is 5.26 Å². The van der Waals surface area contributed by atoms with Crippen molar-refractivity contribution in [3.8, 4) is 6.07 Å². The molecule has 0 aromatic heterocycles. The Morgan fingerprint density at radius 3 is 2.44 bits per heavy atom. The molecule has 0 aliphatic carbocycles. The molecular weight excluding hydrogens is 576 g/mol. The Kier molecular flexibility index (Phi) is 8.74. The van der Waals surface area contributed by atoms with E-state index in [1.165, 1.54) is 42.5 Å². The molecule has 5 atom stereocenters. The van der Waals surface area contributed by atoms with Gasteiger partial charge in [0, 0.05) is 33.8 Å². The minimum atomic E-state index is -1.80. The zero-order valence-corrected chi connectivity index (χ0v) is 24.0. The third kappa shape index (κ3) is 5.94. The predicted molar refractivity (Wildman–Crippen MR) is 152 cm³/mol. The SMILES string of the molecule is CC(C)(C)C[C@@H]1N[C@@H](C(=O)Nc2ccc(C(N)O)c(F)c2)[C@H](c2cccc(Cl)c2F)[C@@]1(C#N)c1ccc(Cl)cc1F. The molecule has 1 amide bonds. The molecule has 1 saturated heterocycles. The van der Waals surface area contributed by atoms with Crippen LogP contribution in [0, 0.1) is 34.2 Å². The van der Waals surface area contributed by atoms with Gasteiger partial charge in [0.05, 0.1) is 17.1 Å². The first kappa shape index (κ1) is 30.8. The fraction of sp³-hybridized carbons (Fsp3) is 0.333. The highest BCUT2D eigenvalue weighted by Crippen LogP contribution is 2.52. The van der Waals surface area contributed by atoms with Crippen LogP contribution < -0.4 is 16.4 Å². The van der Waals surface area contributed by atoms with Crippen LogP contribution in [0.25, 0.3) is 0 Å². The Morgan fingerprint density at radius 1 is 1.15 bits per heavy atom. The Bertz CT molecular complexity index is 1520. The third-order valence-corrected chi connectivity index (χ3v) is 7.85. The molecule has 4 rings (SSSR count). The summed E-state index contributed by atoms with van der Waals surface area (Å²) >= 11 is 12.2. The number of nitrogens with two attached hydrogens (primary N) is 1. The number of carbonyl (C=O) groups is 1. The number of hydrogen-bond donors (Lipinski definition) is 4. The molecule has 41 heavy (non-hydrogen) atoms. The van der Waals surface area contributed by atoms with Gasteiger partial charge in [-0.25, -0.2) is 13.2 Å². The maximum atomic E-state index is 15.7. The first-order chi connectivity index (χ1) is 19.2. The number of nitriles is 1. The number of aliphatic hydroxyl groups is 1. The number of nitrogens with one attached hydrogen (secondary N) is 2. The van der Waals surface area contributed by atoms with Crippen molar-refractivity contribution in [2.24, 2.45) is 11.1 Å². The third-order valence-electron chi connectivity index (χ3n) is 7.32. The molecule has 0 bridgehead atoms. The zero-order chi connectivity index (χ0) is 30.3. The minimum absolute atomic E-state index is 0.0310. The van der Waals surface area contributed by atoms with Gasteiger partial charge in [0.1, 0.15) is 29.1 Å². The first-order valence-corrected chi connectivity index (χ1v) is 13.6. The van der Waals surface area contributed by atoms with E-state index in [4.69, 9.17) is 28.9 Å². The number of rotatable bonds is 6. The summed E-state index contributed by atoms with van der Waals surface area (Å²) in [5, 5.41) is 26.1. The van der Waals surface area contributed by atoms with E-state index in [9.17, 15) is 19.6 Å². The topological polar surface area (TPSA) is 111 Å². The van der Waals surface area contributed by atoms with Crippen LogP contribution in [0.4, 0.5) is 18.9 Å². The van der Waals surface area contributed by atoms with Gasteiger partial charge in [0.15, 0.2) is 0 Å². The number of aliphatic hydroxyl groups excluding tert-OH is 1. The highest BCUT2D eigenvalue weighted by Gasteiger charge is 2.61. The van der Waals surface area contributed by atoms with E-state index < -0.39 is 58.4 Å². The molecular formula is C30H29Cl2F3N4O2. The van der Waals surface area contributed by atoms with Gasteiger partial charge < -0.3 is 21.5 Å². The van der Waals surface area contributed by atoms with Gasteiger partial charge in [0.2, 0.25) is 5.91 Å². The lowest BCUT2D eigenvalue weighted by Gasteiger charge is -2.37. The van der Waals surface area contributed by atoms with Crippen LogP contribution in [0.3, 0.4) is 0 Å². The summed E-state index contributed by atoms with van der Waals surface area (Å²) in [6.07, 6.45) is -1.27. The normalized spacial score (nSPS) is 23.2. The summed E-state index contributed by atoms with van der Waals surface area (Å²) in [5.41, 5.74) is 2.89. The summed E-state index contributed by atoms with van der Waals surface area (Å²) in [6, 6.07) is 11.8. The Labute approximate surface area is 246 Å². The Hall–Kier alpha value is -3.13. The van der Waals surface area contributed by atoms with E-state index in [-0.39, 0.29) is 32.4 Å². The molecule has 0 saturated carbocycles. The maximum absolute atomic E-state index is 15.7. The number of hydrogen-bond acceptors (Lipinski definition) is 5. The fourth-order valence-electron chi connectivity index (χ4n) is 5.62. The number of benzene rings is 3. The van der Waals surface area contributed by atoms with Gasteiger partial charge in [-0.3, -0.25) is 4.79 Å². The number of carbonyl (C=O) groups excluding carboxylic acids is 1. The molecule has 1 aliphatic rings. The molecule has 1 aliphatic heterocycles. The lowest BCUT2D eigenvalue weighted by atomic mass is 9.62. The second kappa shape index (κ2) is 11.6.